The van der Waals surface area contributed by atoms with Crippen LogP contribution in [0, 0.1) is 5.82 Å². The van der Waals surface area contributed by atoms with Crippen LogP contribution in [0.5, 0.6) is 0 Å². The molecule has 2 amide bonds. The van der Waals surface area contributed by atoms with Gasteiger partial charge in [-0.15, -0.1) is 0 Å². The van der Waals surface area contributed by atoms with Gasteiger partial charge < -0.3 is 10.6 Å². The van der Waals surface area contributed by atoms with Crippen LogP contribution in [-0.4, -0.2) is 27.9 Å². The lowest BCUT2D eigenvalue weighted by Crippen LogP contribution is -2.37. The molecular formula is C18H14BrFN4O3. The van der Waals surface area contributed by atoms with Gasteiger partial charge in [-0.3, -0.25) is 19.0 Å². The lowest BCUT2D eigenvalue weighted by Gasteiger charge is -2.09. The number of hydrogen-bond acceptors (Lipinski definition) is 4. The highest BCUT2D eigenvalue weighted by Gasteiger charge is 2.11. The van der Waals surface area contributed by atoms with Gasteiger partial charge in [0.1, 0.15) is 12.4 Å². The number of amides is 2. The molecule has 0 saturated carbocycles. The number of benzene rings is 2. The van der Waals surface area contributed by atoms with Crippen LogP contribution >= 0.6 is 15.9 Å². The van der Waals surface area contributed by atoms with E-state index in [9.17, 15) is 18.8 Å². The van der Waals surface area contributed by atoms with E-state index < -0.39 is 23.2 Å². The number of nitrogens with zero attached hydrogens (tertiary/aromatic N) is 2. The molecule has 0 spiro atoms. The SMILES string of the molecule is O=C(Cn1cnc2cc(F)ccc2c1=O)NCC(=O)Nc1ccccc1Br. The monoisotopic (exact) mass is 432 g/mol. The van der Waals surface area contributed by atoms with Crippen LogP contribution in [0.2, 0.25) is 0 Å². The molecule has 3 aromatic rings. The van der Waals surface area contributed by atoms with Gasteiger partial charge in [-0.05, 0) is 40.2 Å². The third kappa shape index (κ3) is 4.56. The number of carbonyl (C=O) groups is 2. The lowest BCUT2D eigenvalue weighted by molar-refractivity contribution is -0.124. The molecule has 0 unspecified atom stereocenters. The summed E-state index contributed by atoms with van der Waals surface area (Å²) in [5, 5.41) is 5.30. The number of para-hydroxylation sites is 1. The number of nitrogens with one attached hydrogen (secondary N) is 2. The first-order valence-corrected chi connectivity index (χ1v) is 8.69. The van der Waals surface area contributed by atoms with Crippen molar-refractivity contribution < 1.29 is 14.0 Å². The Morgan fingerprint density at radius 2 is 1.93 bits per heavy atom. The molecule has 1 heterocycles. The molecule has 0 atom stereocenters. The summed E-state index contributed by atoms with van der Waals surface area (Å²) in [4.78, 5) is 40.3. The Morgan fingerprint density at radius 1 is 1.15 bits per heavy atom. The van der Waals surface area contributed by atoms with E-state index in [2.05, 4.69) is 31.5 Å². The molecule has 138 valence electrons. The number of fused-ring (bicyclic) bond motifs is 1. The predicted octanol–water partition coefficient (Wildman–Crippen LogP) is 2.05. The molecule has 0 fully saturated rings. The van der Waals surface area contributed by atoms with E-state index >= 15 is 0 Å². The minimum absolute atomic E-state index is 0.207. The Balaban J connectivity index is 1.61. The van der Waals surface area contributed by atoms with Crippen molar-refractivity contribution in [2.75, 3.05) is 11.9 Å². The van der Waals surface area contributed by atoms with Crippen molar-refractivity contribution in [3.05, 3.63) is 69.4 Å². The molecule has 0 aliphatic carbocycles. The first-order valence-electron chi connectivity index (χ1n) is 7.90. The predicted molar refractivity (Wildman–Crippen MR) is 102 cm³/mol. The number of aromatic nitrogens is 2. The molecule has 0 aliphatic rings. The fourth-order valence-electron chi connectivity index (χ4n) is 2.39. The molecule has 0 aliphatic heterocycles. The van der Waals surface area contributed by atoms with Gasteiger partial charge in [-0.1, -0.05) is 12.1 Å². The van der Waals surface area contributed by atoms with E-state index in [-0.39, 0.29) is 24.0 Å². The zero-order valence-corrected chi connectivity index (χ0v) is 15.5. The van der Waals surface area contributed by atoms with Crippen molar-refractivity contribution in [2.45, 2.75) is 6.54 Å². The number of anilines is 1. The molecule has 3 rings (SSSR count). The first-order chi connectivity index (χ1) is 12.9. The van der Waals surface area contributed by atoms with E-state index in [4.69, 9.17) is 0 Å². The number of hydrogen-bond donors (Lipinski definition) is 2. The van der Waals surface area contributed by atoms with Gasteiger partial charge in [0.15, 0.2) is 0 Å². The van der Waals surface area contributed by atoms with Crippen LogP contribution in [0.1, 0.15) is 0 Å². The highest BCUT2D eigenvalue weighted by atomic mass is 79.9. The Kier molecular flexibility index (Phi) is 5.60. The summed E-state index contributed by atoms with van der Waals surface area (Å²) in [5.41, 5.74) is 0.330. The van der Waals surface area contributed by atoms with Crippen molar-refractivity contribution in [3.63, 3.8) is 0 Å². The zero-order chi connectivity index (χ0) is 19.4. The highest BCUT2D eigenvalue weighted by molar-refractivity contribution is 9.10. The van der Waals surface area contributed by atoms with Crippen molar-refractivity contribution in [1.29, 1.82) is 0 Å². The standard InChI is InChI=1S/C18H14BrFN4O3/c19-13-3-1-2-4-14(13)23-16(25)8-21-17(26)9-24-10-22-15-7-11(20)5-6-12(15)18(24)27/h1-7,10H,8-9H2,(H,21,26)(H,23,25). The summed E-state index contributed by atoms with van der Waals surface area (Å²) in [6.45, 7) is -0.553. The Labute approximate surface area is 161 Å². The number of halogens is 2. The van der Waals surface area contributed by atoms with Gasteiger partial charge in [-0.2, -0.15) is 0 Å². The number of rotatable bonds is 5. The van der Waals surface area contributed by atoms with Gasteiger partial charge in [0.25, 0.3) is 5.56 Å². The topological polar surface area (TPSA) is 93.1 Å². The quantitative estimate of drug-likeness (QED) is 0.645. The van der Waals surface area contributed by atoms with Gasteiger partial charge in [0, 0.05) is 10.5 Å². The summed E-state index contributed by atoms with van der Waals surface area (Å²) in [7, 11) is 0. The van der Waals surface area contributed by atoms with Gasteiger partial charge in [0.2, 0.25) is 11.8 Å². The normalized spacial score (nSPS) is 10.6. The second-order valence-electron chi connectivity index (χ2n) is 5.64. The van der Waals surface area contributed by atoms with Gasteiger partial charge >= 0.3 is 0 Å². The van der Waals surface area contributed by atoms with E-state index in [1.54, 1.807) is 18.2 Å². The van der Waals surface area contributed by atoms with Crippen molar-refractivity contribution >= 4 is 44.3 Å². The molecule has 1 aromatic heterocycles. The van der Waals surface area contributed by atoms with Crippen LogP contribution in [0.25, 0.3) is 10.9 Å². The first kappa shape index (κ1) is 18.7. The van der Waals surface area contributed by atoms with Crippen LogP contribution in [-0.2, 0) is 16.1 Å². The third-order valence-electron chi connectivity index (χ3n) is 3.70. The maximum absolute atomic E-state index is 13.2. The van der Waals surface area contributed by atoms with Crippen LogP contribution in [0.15, 0.2) is 58.1 Å². The summed E-state index contributed by atoms with van der Waals surface area (Å²) < 4.78 is 15.0. The highest BCUT2D eigenvalue weighted by Crippen LogP contribution is 2.20. The Hall–Kier alpha value is -3.07. The second kappa shape index (κ2) is 8.09. The Morgan fingerprint density at radius 3 is 2.70 bits per heavy atom. The maximum atomic E-state index is 13.2. The Bertz CT molecular complexity index is 1080. The molecule has 27 heavy (non-hydrogen) atoms. The second-order valence-corrected chi connectivity index (χ2v) is 6.50. The molecule has 2 aromatic carbocycles. The average molecular weight is 433 g/mol. The third-order valence-corrected chi connectivity index (χ3v) is 4.39. The van der Waals surface area contributed by atoms with Crippen molar-refractivity contribution in [3.8, 4) is 0 Å². The minimum atomic E-state index is -0.525. The molecular weight excluding hydrogens is 419 g/mol. The van der Waals surface area contributed by atoms with E-state index in [0.717, 1.165) is 21.2 Å². The molecule has 0 radical (unpaired) electrons. The molecule has 2 N–H and O–H groups in total. The van der Waals surface area contributed by atoms with E-state index in [0.29, 0.717) is 5.69 Å². The largest absolute Gasteiger partial charge is 0.345 e. The van der Waals surface area contributed by atoms with Crippen LogP contribution in [0.4, 0.5) is 10.1 Å². The van der Waals surface area contributed by atoms with Crippen LogP contribution in [0.3, 0.4) is 0 Å². The number of carbonyl (C=O) groups excluding carboxylic acids is 2. The summed E-state index contributed by atoms with van der Waals surface area (Å²) in [6, 6.07) is 10.7. The van der Waals surface area contributed by atoms with Gasteiger partial charge in [0.05, 0.1) is 29.5 Å². The molecule has 0 bridgehead atoms. The zero-order valence-electron chi connectivity index (χ0n) is 13.9. The summed E-state index contributed by atoms with van der Waals surface area (Å²) in [5.74, 6) is -1.43. The summed E-state index contributed by atoms with van der Waals surface area (Å²) in [6.07, 6.45) is 1.17. The van der Waals surface area contributed by atoms with E-state index in [1.807, 2.05) is 6.07 Å². The average Bonchev–Trinajstić information content (AvgIpc) is 2.64. The fourth-order valence-corrected chi connectivity index (χ4v) is 2.77. The van der Waals surface area contributed by atoms with Gasteiger partial charge in [-0.25, -0.2) is 9.37 Å². The molecule has 7 nitrogen and oxygen atoms in total. The summed E-state index contributed by atoms with van der Waals surface area (Å²) >= 11 is 3.31. The smallest absolute Gasteiger partial charge is 0.261 e. The lowest BCUT2D eigenvalue weighted by atomic mass is 10.2. The molecule has 9 heteroatoms. The maximum Gasteiger partial charge on any atom is 0.261 e. The van der Waals surface area contributed by atoms with E-state index in [1.165, 1.54) is 12.4 Å². The molecule has 0 saturated heterocycles. The van der Waals surface area contributed by atoms with Crippen molar-refractivity contribution in [1.82, 2.24) is 14.9 Å². The minimum Gasteiger partial charge on any atom is -0.345 e. The fraction of sp³-hybridized carbons (Fsp3) is 0.111. The van der Waals surface area contributed by atoms with Crippen molar-refractivity contribution in [2.24, 2.45) is 0 Å². The van der Waals surface area contributed by atoms with Crippen LogP contribution < -0.4 is 16.2 Å².